The summed E-state index contributed by atoms with van der Waals surface area (Å²) in [6.07, 6.45) is 1.53. The van der Waals surface area contributed by atoms with Crippen molar-refractivity contribution in [2.45, 2.75) is 39.0 Å². The van der Waals surface area contributed by atoms with Gasteiger partial charge >= 0.3 is 6.09 Å². The summed E-state index contributed by atoms with van der Waals surface area (Å²) in [7, 11) is 3.47. The second-order valence-electron chi connectivity index (χ2n) is 6.23. The Kier molecular flexibility index (Phi) is 11.1. The van der Waals surface area contributed by atoms with E-state index in [4.69, 9.17) is 9.47 Å². The lowest BCUT2D eigenvalue weighted by Gasteiger charge is -2.32. The number of hydrogen-bond donors (Lipinski definition) is 2. The molecule has 0 aromatic heterocycles. The van der Waals surface area contributed by atoms with E-state index in [0.717, 1.165) is 18.8 Å². The first-order valence-corrected chi connectivity index (χ1v) is 9.12. The molecule has 0 bridgehead atoms. The number of carbonyl (C=O) groups is 1. The van der Waals surface area contributed by atoms with Crippen LogP contribution in [0.3, 0.4) is 0 Å². The van der Waals surface area contributed by atoms with E-state index in [9.17, 15) is 4.79 Å². The number of aliphatic imine (C=N–C) groups is 1. The van der Waals surface area contributed by atoms with E-state index >= 15 is 0 Å². The van der Waals surface area contributed by atoms with Gasteiger partial charge in [-0.25, -0.2) is 4.79 Å². The van der Waals surface area contributed by atoms with Crippen LogP contribution in [0.25, 0.3) is 0 Å². The largest absolute Gasteiger partial charge is 0.450 e. The number of nitrogens with zero attached hydrogens (tertiary/aromatic N) is 2. The summed E-state index contributed by atoms with van der Waals surface area (Å²) in [6.45, 7) is 4.91. The molecule has 0 saturated carbocycles. The van der Waals surface area contributed by atoms with Crippen molar-refractivity contribution in [1.82, 2.24) is 15.5 Å². The number of methoxy groups -OCH3 is 1. The van der Waals surface area contributed by atoms with E-state index in [-0.39, 0.29) is 30.1 Å². The average molecular weight is 490 g/mol. The second-order valence-corrected chi connectivity index (χ2v) is 6.23. The minimum Gasteiger partial charge on any atom is -0.450 e. The van der Waals surface area contributed by atoms with Crippen LogP contribution < -0.4 is 10.6 Å². The number of rotatable bonds is 6. The maximum absolute atomic E-state index is 11.8. The number of hydrogen-bond acceptors (Lipinski definition) is 4. The second kappa shape index (κ2) is 12.8. The van der Waals surface area contributed by atoms with Crippen molar-refractivity contribution >= 4 is 36.0 Å². The maximum Gasteiger partial charge on any atom is 0.409 e. The van der Waals surface area contributed by atoms with Gasteiger partial charge in [-0.05, 0) is 30.9 Å². The monoisotopic (exact) mass is 490 g/mol. The van der Waals surface area contributed by atoms with E-state index < -0.39 is 0 Å². The number of guanidine groups is 1. The zero-order valence-electron chi connectivity index (χ0n) is 16.4. The third kappa shape index (κ3) is 7.53. The summed E-state index contributed by atoms with van der Waals surface area (Å²) in [5, 5.41) is 6.81. The van der Waals surface area contributed by atoms with Gasteiger partial charge in [0.2, 0.25) is 0 Å². The van der Waals surface area contributed by atoms with Crippen LogP contribution in [0.15, 0.2) is 29.3 Å². The molecule has 152 valence electrons. The summed E-state index contributed by atoms with van der Waals surface area (Å²) in [6, 6.07) is 8.50. The van der Waals surface area contributed by atoms with Crippen molar-refractivity contribution in [3.63, 3.8) is 0 Å². The molecule has 2 N–H and O–H groups in total. The fraction of sp³-hybridized carbons (Fsp3) is 0.579. The summed E-state index contributed by atoms with van der Waals surface area (Å²) in [5.74, 6) is 0.770. The highest BCUT2D eigenvalue weighted by atomic mass is 127. The Bertz CT molecular complexity index is 604. The first-order chi connectivity index (χ1) is 12.7. The fourth-order valence-corrected chi connectivity index (χ4v) is 3.01. The zero-order chi connectivity index (χ0) is 18.8. The SMILES string of the molecule is CCOC(=O)N1CCC(NC(=NC)NCc2ccccc2COC)CC1.I. The molecule has 0 spiro atoms. The Morgan fingerprint density at radius 2 is 1.93 bits per heavy atom. The third-order valence-electron chi connectivity index (χ3n) is 4.45. The Morgan fingerprint density at radius 1 is 1.26 bits per heavy atom. The molecule has 1 fully saturated rings. The predicted molar refractivity (Wildman–Crippen MR) is 118 cm³/mol. The van der Waals surface area contributed by atoms with Crippen molar-refractivity contribution in [3.8, 4) is 0 Å². The van der Waals surface area contributed by atoms with Crippen LogP contribution in [0.1, 0.15) is 30.9 Å². The van der Waals surface area contributed by atoms with Gasteiger partial charge in [0.25, 0.3) is 0 Å². The molecule has 1 amide bonds. The molecule has 7 nitrogen and oxygen atoms in total. The molecular weight excluding hydrogens is 459 g/mol. The first-order valence-electron chi connectivity index (χ1n) is 9.12. The zero-order valence-corrected chi connectivity index (χ0v) is 18.7. The summed E-state index contributed by atoms with van der Waals surface area (Å²) < 4.78 is 10.3. The normalized spacial score (nSPS) is 15.1. The predicted octanol–water partition coefficient (Wildman–Crippen LogP) is 2.74. The molecule has 8 heteroatoms. The molecule has 1 aromatic carbocycles. The lowest BCUT2D eigenvalue weighted by molar-refractivity contribution is 0.0963. The molecule has 1 saturated heterocycles. The van der Waals surface area contributed by atoms with Crippen molar-refractivity contribution in [3.05, 3.63) is 35.4 Å². The summed E-state index contributed by atoms with van der Waals surface area (Å²) in [4.78, 5) is 17.8. The Hall–Kier alpha value is -1.55. The highest BCUT2D eigenvalue weighted by Crippen LogP contribution is 2.12. The summed E-state index contributed by atoms with van der Waals surface area (Å²) >= 11 is 0. The molecule has 0 unspecified atom stereocenters. The molecule has 2 rings (SSSR count). The van der Waals surface area contributed by atoms with Gasteiger partial charge in [-0.3, -0.25) is 4.99 Å². The molecular formula is C19H31IN4O3. The topological polar surface area (TPSA) is 75.2 Å². The molecule has 1 aromatic rings. The molecule has 0 atom stereocenters. The minimum absolute atomic E-state index is 0. The quantitative estimate of drug-likeness (QED) is 0.365. The van der Waals surface area contributed by atoms with Gasteiger partial charge in [-0.15, -0.1) is 24.0 Å². The highest BCUT2D eigenvalue weighted by Gasteiger charge is 2.24. The van der Waals surface area contributed by atoms with Crippen LogP contribution in [0, 0.1) is 0 Å². The Morgan fingerprint density at radius 3 is 2.52 bits per heavy atom. The number of ether oxygens (including phenoxy) is 2. The molecule has 1 aliphatic rings. The molecule has 0 radical (unpaired) electrons. The lowest BCUT2D eigenvalue weighted by atomic mass is 10.1. The van der Waals surface area contributed by atoms with Crippen molar-refractivity contribution < 1.29 is 14.3 Å². The Balaban J connectivity index is 0.00000364. The van der Waals surface area contributed by atoms with Gasteiger partial charge < -0.3 is 25.0 Å². The van der Waals surface area contributed by atoms with Crippen LogP contribution in [-0.4, -0.2) is 56.8 Å². The lowest BCUT2D eigenvalue weighted by Crippen LogP contribution is -2.49. The standard InChI is InChI=1S/C19H30N4O3.HI/c1-4-26-19(24)23-11-9-17(10-12-23)22-18(20-2)21-13-15-7-5-6-8-16(15)14-25-3;/h5-8,17H,4,9-14H2,1-3H3,(H2,20,21,22);1H. The van der Waals surface area contributed by atoms with Gasteiger partial charge in [-0.1, -0.05) is 24.3 Å². The Labute approximate surface area is 178 Å². The number of amides is 1. The fourth-order valence-electron chi connectivity index (χ4n) is 3.01. The number of likely N-dealkylation sites (tertiary alicyclic amines) is 1. The van der Waals surface area contributed by atoms with Crippen molar-refractivity contribution in [2.24, 2.45) is 4.99 Å². The van der Waals surface area contributed by atoms with Gasteiger partial charge in [0.1, 0.15) is 0 Å². The number of benzene rings is 1. The van der Waals surface area contributed by atoms with Crippen LogP contribution in [-0.2, 0) is 22.6 Å². The first kappa shape index (κ1) is 23.5. The molecule has 1 heterocycles. The van der Waals surface area contributed by atoms with Crippen LogP contribution in [0.2, 0.25) is 0 Å². The van der Waals surface area contributed by atoms with E-state index in [2.05, 4.69) is 27.8 Å². The highest BCUT2D eigenvalue weighted by molar-refractivity contribution is 14.0. The molecule has 0 aliphatic carbocycles. The van der Waals surface area contributed by atoms with E-state index in [1.807, 2.05) is 19.1 Å². The van der Waals surface area contributed by atoms with Crippen LogP contribution in [0.5, 0.6) is 0 Å². The van der Waals surface area contributed by atoms with Gasteiger partial charge in [0.05, 0.1) is 13.2 Å². The number of halogens is 1. The molecule has 27 heavy (non-hydrogen) atoms. The van der Waals surface area contributed by atoms with Crippen molar-refractivity contribution in [1.29, 1.82) is 0 Å². The van der Waals surface area contributed by atoms with E-state index in [0.29, 0.717) is 38.9 Å². The van der Waals surface area contributed by atoms with E-state index in [1.54, 1.807) is 19.1 Å². The number of piperidine rings is 1. The smallest absolute Gasteiger partial charge is 0.409 e. The van der Waals surface area contributed by atoms with Gasteiger partial charge in [-0.2, -0.15) is 0 Å². The van der Waals surface area contributed by atoms with Gasteiger partial charge in [0.15, 0.2) is 5.96 Å². The van der Waals surface area contributed by atoms with E-state index in [1.165, 1.54) is 11.1 Å². The molecule has 1 aliphatic heterocycles. The van der Waals surface area contributed by atoms with Crippen molar-refractivity contribution in [2.75, 3.05) is 33.9 Å². The average Bonchev–Trinajstić information content (AvgIpc) is 2.67. The van der Waals surface area contributed by atoms with Crippen LogP contribution >= 0.6 is 24.0 Å². The number of carbonyl (C=O) groups excluding carboxylic acids is 1. The summed E-state index contributed by atoms with van der Waals surface area (Å²) in [5.41, 5.74) is 2.36. The minimum atomic E-state index is -0.219. The third-order valence-corrected chi connectivity index (χ3v) is 4.45. The van der Waals surface area contributed by atoms with Gasteiger partial charge in [0, 0.05) is 39.8 Å². The van der Waals surface area contributed by atoms with Crippen LogP contribution in [0.4, 0.5) is 4.79 Å². The number of nitrogens with one attached hydrogen (secondary N) is 2. The maximum atomic E-state index is 11.8.